The molecule has 4 aromatic rings. The molecule has 1 atom stereocenters. The molecule has 170 valence electrons. The van der Waals surface area contributed by atoms with Gasteiger partial charge in [-0.15, -0.1) is 16.4 Å². The lowest BCUT2D eigenvalue weighted by molar-refractivity contribution is 0.203. The van der Waals surface area contributed by atoms with E-state index in [-0.39, 0.29) is 11.9 Å². The van der Waals surface area contributed by atoms with Crippen LogP contribution in [0.2, 0.25) is 0 Å². The normalized spacial score (nSPS) is 15.7. The van der Waals surface area contributed by atoms with E-state index in [2.05, 4.69) is 74.9 Å². The van der Waals surface area contributed by atoms with Gasteiger partial charge in [-0.05, 0) is 70.6 Å². The first-order chi connectivity index (χ1) is 16.1. The molecule has 2 aromatic carbocycles. The Morgan fingerprint density at radius 3 is 2.48 bits per heavy atom. The van der Waals surface area contributed by atoms with Crippen molar-refractivity contribution < 1.29 is 4.39 Å². The van der Waals surface area contributed by atoms with Crippen LogP contribution in [0, 0.1) is 19.7 Å². The Labute approximate surface area is 197 Å². The van der Waals surface area contributed by atoms with Gasteiger partial charge in [0, 0.05) is 36.7 Å². The van der Waals surface area contributed by atoms with Crippen LogP contribution in [0.1, 0.15) is 33.4 Å². The van der Waals surface area contributed by atoms with Gasteiger partial charge in [-0.3, -0.25) is 4.90 Å². The molecule has 1 saturated heterocycles. The van der Waals surface area contributed by atoms with Gasteiger partial charge >= 0.3 is 0 Å². The fourth-order valence-corrected chi connectivity index (χ4v) is 5.35. The molecule has 0 N–H and O–H groups in total. The van der Waals surface area contributed by atoms with Gasteiger partial charge in [0.15, 0.2) is 5.82 Å². The molecule has 0 unspecified atom stereocenters. The van der Waals surface area contributed by atoms with Gasteiger partial charge in [0.2, 0.25) is 0 Å². The number of aryl methyl sites for hydroxylation is 1. The molecule has 0 radical (unpaired) electrons. The van der Waals surface area contributed by atoms with Gasteiger partial charge in [-0.25, -0.2) is 9.07 Å². The summed E-state index contributed by atoms with van der Waals surface area (Å²) in [5, 5.41) is 14.8. The molecule has 0 bridgehead atoms. The molecule has 0 saturated carbocycles. The van der Waals surface area contributed by atoms with Gasteiger partial charge in [0.25, 0.3) is 0 Å². The second kappa shape index (κ2) is 9.41. The lowest BCUT2D eigenvalue weighted by atomic mass is 10.1. The molecule has 6 nitrogen and oxygen atoms in total. The molecule has 0 amide bonds. The highest BCUT2D eigenvalue weighted by Crippen LogP contribution is 2.33. The number of anilines is 1. The number of benzene rings is 2. The number of nitrogens with zero attached hydrogens (tertiary/aromatic N) is 6. The van der Waals surface area contributed by atoms with Crippen molar-refractivity contribution in [3.05, 3.63) is 93.2 Å². The Morgan fingerprint density at radius 1 is 0.970 bits per heavy atom. The highest BCUT2D eigenvalue weighted by molar-refractivity contribution is 7.10. The zero-order valence-corrected chi connectivity index (χ0v) is 19.7. The molecule has 1 aliphatic rings. The van der Waals surface area contributed by atoms with Gasteiger partial charge in [0.05, 0.1) is 6.54 Å². The van der Waals surface area contributed by atoms with Crippen molar-refractivity contribution in [1.29, 1.82) is 0 Å². The van der Waals surface area contributed by atoms with Crippen LogP contribution in [0.15, 0.2) is 60.0 Å². The van der Waals surface area contributed by atoms with Crippen molar-refractivity contribution in [1.82, 2.24) is 25.1 Å². The van der Waals surface area contributed by atoms with Crippen LogP contribution >= 0.6 is 11.3 Å². The van der Waals surface area contributed by atoms with E-state index >= 15 is 0 Å². The number of tetrazole rings is 1. The number of rotatable bonds is 6. The predicted octanol–water partition coefficient (Wildman–Crippen LogP) is 4.45. The highest BCUT2D eigenvalue weighted by Gasteiger charge is 2.31. The number of aromatic nitrogens is 4. The Hall–Kier alpha value is -3.10. The quantitative estimate of drug-likeness (QED) is 0.424. The zero-order chi connectivity index (χ0) is 22.8. The molecule has 0 spiro atoms. The van der Waals surface area contributed by atoms with E-state index in [1.165, 1.54) is 33.8 Å². The van der Waals surface area contributed by atoms with Crippen molar-refractivity contribution in [2.24, 2.45) is 0 Å². The molecular formula is C25H27FN6S. The highest BCUT2D eigenvalue weighted by atomic mass is 32.1. The first-order valence-corrected chi connectivity index (χ1v) is 12.1. The summed E-state index contributed by atoms with van der Waals surface area (Å²) in [6, 6.07) is 17.3. The summed E-state index contributed by atoms with van der Waals surface area (Å²) in [6.45, 7) is 8.61. The van der Waals surface area contributed by atoms with E-state index in [4.69, 9.17) is 0 Å². The smallest absolute Gasteiger partial charge is 0.174 e. The van der Waals surface area contributed by atoms with Gasteiger partial charge in [-0.2, -0.15) is 0 Å². The van der Waals surface area contributed by atoms with E-state index in [9.17, 15) is 4.39 Å². The first kappa shape index (κ1) is 21.7. The minimum absolute atomic E-state index is 0.0128. The summed E-state index contributed by atoms with van der Waals surface area (Å²) in [7, 11) is 0. The molecular weight excluding hydrogens is 435 g/mol. The van der Waals surface area contributed by atoms with Crippen molar-refractivity contribution in [3.63, 3.8) is 0 Å². The molecule has 0 aliphatic carbocycles. The van der Waals surface area contributed by atoms with E-state index in [0.29, 0.717) is 6.54 Å². The molecule has 2 aromatic heterocycles. The van der Waals surface area contributed by atoms with Gasteiger partial charge < -0.3 is 4.90 Å². The topological polar surface area (TPSA) is 50.1 Å². The standard InChI is InChI=1S/C25H27FN6S/c1-18-5-3-6-22(19(18)2)30-12-14-31(15-13-30)24(23-7-4-16-33-23)25-27-28-29-32(25)17-20-8-10-21(26)11-9-20/h3-11,16,24H,12-15,17H2,1-2H3/t24-/m0/s1. The molecule has 3 heterocycles. The average molecular weight is 463 g/mol. The Balaban J connectivity index is 1.39. The number of hydrogen-bond acceptors (Lipinski definition) is 6. The van der Waals surface area contributed by atoms with Crippen LogP contribution in [-0.4, -0.2) is 51.3 Å². The van der Waals surface area contributed by atoms with Crippen molar-refractivity contribution in [3.8, 4) is 0 Å². The fourth-order valence-electron chi connectivity index (χ4n) is 4.50. The van der Waals surface area contributed by atoms with Crippen molar-refractivity contribution in [2.75, 3.05) is 31.1 Å². The summed E-state index contributed by atoms with van der Waals surface area (Å²) in [6.07, 6.45) is 0. The van der Waals surface area contributed by atoms with E-state index in [0.717, 1.165) is 37.6 Å². The average Bonchev–Trinajstić information content (AvgIpc) is 3.51. The minimum atomic E-state index is -0.242. The molecule has 1 aliphatic heterocycles. The summed E-state index contributed by atoms with van der Waals surface area (Å²) in [5.41, 5.74) is 4.97. The first-order valence-electron chi connectivity index (χ1n) is 11.2. The lowest BCUT2D eigenvalue weighted by Gasteiger charge is -2.40. The van der Waals surface area contributed by atoms with Crippen LogP contribution in [0.5, 0.6) is 0 Å². The van der Waals surface area contributed by atoms with Crippen LogP contribution in [0.25, 0.3) is 0 Å². The van der Waals surface area contributed by atoms with Crippen molar-refractivity contribution in [2.45, 2.75) is 26.4 Å². The molecule has 8 heteroatoms. The minimum Gasteiger partial charge on any atom is -0.369 e. The third kappa shape index (κ3) is 4.54. The van der Waals surface area contributed by atoms with Crippen LogP contribution in [0.3, 0.4) is 0 Å². The van der Waals surface area contributed by atoms with E-state index in [1.807, 2.05) is 4.68 Å². The molecule has 1 fully saturated rings. The SMILES string of the molecule is Cc1cccc(N2CCN([C@@H](c3cccs3)c3nnnn3Cc3ccc(F)cc3)CC2)c1C. The maximum Gasteiger partial charge on any atom is 0.174 e. The van der Waals surface area contributed by atoms with E-state index < -0.39 is 0 Å². The Morgan fingerprint density at radius 2 is 1.76 bits per heavy atom. The summed E-state index contributed by atoms with van der Waals surface area (Å²) >= 11 is 1.73. The maximum absolute atomic E-state index is 13.3. The third-order valence-electron chi connectivity index (χ3n) is 6.46. The fraction of sp³-hybridized carbons (Fsp3) is 0.320. The third-order valence-corrected chi connectivity index (χ3v) is 7.38. The van der Waals surface area contributed by atoms with E-state index in [1.54, 1.807) is 23.5 Å². The van der Waals surface area contributed by atoms with Gasteiger partial charge in [0.1, 0.15) is 11.9 Å². The second-order valence-electron chi connectivity index (χ2n) is 8.48. The largest absolute Gasteiger partial charge is 0.369 e. The monoisotopic (exact) mass is 462 g/mol. The molecule has 33 heavy (non-hydrogen) atoms. The van der Waals surface area contributed by atoms with Crippen LogP contribution < -0.4 is 4.90 Å². The predicted molar refractivity (Wildman–Crippen MR) is 129 cm³/mol. The number of piperazine rings is 1. The van der Waals surface area contributed by atoms with Gasteiger partial charge in [-0.1, -0.05) is 30.3 Å². The maximum atomic E-state index is 13.3. The molecule has 5 rings (SSSR count). The Bertz CT molecular complexity index is 1200. The summed E-state index contributed by atoms with van der Waals surface area (Å²) < 4.78 is 15.2. The second-order valence-corrected chi connectivity index (χ2v) is 9.46. The summed E-state index contributed by atoms with van der Waals surface area (Å²) in [5.74, 6) is 0.579. The number of halogens is 1. The number of hydrogen-bond donors (Lipinski definition) is 0. The summed E-state index contributed by atoms with van der Waals surface area (Å²) in [4.78, 5) is 6.18. The van der Waals surface area contributed by atoms with Crippen LogP contribution in [0.4, 0.5) is 10.1 Å². The van der Waals surface area contributed by atoms with Crippen molar-refractivity contribution >= 4 is 17.0 Å². The lowest BCUT2D eigenvalue weighted by Crippen LogP contribution is -2.48. The Kier molecular flexibility index (Phi) is 6.20. The zero-order valence-electron chi connectivity index (χ0n) is 18.9. The van der Waals surface area contributed by atoms with Crippen LogP contribution in [-0.2, 0) is 6.54 Å². The number of thiophene rings is 1.